The third kappa shape index (κ3) is 3.36. The van der Waals surface area contributed by atoms with Crippen LogP contribution in [-0.2, 0) is 32.6 Å². The fourth-order valence-corrected chi connectivity index (χ4v) is 4.23. The minimum absolute atomic E-state index is 0.271. The Bertz CT molecular complexity index is 862. The fourth-order valence-electron chi connectivity index (χ4n) is 4.23. The van der Waals surface area contributed by atoms with Gasteiger partial charge in [0.2, 0.25) is 18.7 Å². The van der Waals surface area contributed by atoms with E-state index in [0.29, 0.717) is 43.5 Å². The van der Waals surface area contributed by atoms with E-state index in [1.54, 1.807) is 12.1 Å². The van der Waals surface area contributed by atoms with E-state index in [9.17, 15) is 14.4 Å². The Morgan fingerprint density at radius 2 is 1.50 bits per heavy atom. The molecule has 0 radical (unpaired) electrons. The number of fused-ring (bicyclic) bond motifs is 2. The molecule has 7 nitrogen and oxygen atoms in total. The van der Waals surface area contributed by atoms with Crippen LogP contribution < -0.4 is 22.1 Å². The molecule has 146 valence electrons. The zero-order valence-corrected chi connectivity index (χ0v) is 15.7. The second-order valence-electron chi connectivity index (χ2n) is 7.22. The van der Waals surface area contributed by atoms with Crippen LogP contribution in [-0.4, -0.2) is 24.8 Å². The molecule has 7 heteroatoms. The molecule has 2 aromatic carbocycles. The highest BCUT2D eigenvalue weighted by molar-refractivity contribution is 5.93. The lowest BCUT2D eigenvalue weighted by Gasteiger charge is -2.35. The van der Waals surface area contributed by atoms with Crippen LogP contribution in [0.3, 0.4) is 0 Å². The summed E-state index contributed by atoms with van der Waals surface area (Å²) in [6, 6.07) is 10.7. The molecule has 1 aliphatic carbocycles. The van der Waals surface area contributed by atoms with Crippen LogP contribution in [0.5, 0.6) is 0 Å². The molecule has 1 atom stereocenters. The van der Waals surface area contributed by atoms with E-state index < -0.39 is 11.3 Å². The molecule has 0 unspecified atom stereocenters. The van der Waals surface area contributed by atoms with Crippen molar-refractivity contribution in [1.82, 2.24) is 0 Å². The van der Waals surface area contributed by atoms with E-state index in [4.69, 9.17) is 11.5 Å². The molecule has 0 bridgehead atoms. The summed E-state index contributed by atoms with van der Waals surface area (Å²) in [6.07, 6.45) is 2.91. The maximum atomic E-state index is 12.9. The van der Waals surface area contributed by atoms with Gasteiger partial charge in [0, 0.05) is 17.4 Å². The molecule has 0 saturated carbocycles. The summed E-state index contributed by atoms with van der Waals surface area (Å²) >= 11 is 0. The molecular weight excluding hydrogens is 356 g/mol. The normalized spacial score (nSPS) is 15.4. The summed E-state index contributed by atoms with van der Waals surface area (Å²) < 4.78 is 0. The van der Waals surface area contributed by atoms with Crippen molar-refractivity contribution in [1.29, 1.82) is 0 Å². The minimum atomic E-state index is -1.09. The van der Waals surface area contributed by atoms with Crippen LogP contribution in [0.25, 0.3) is 0 Å². The van der Waals surface area contributed by atoms with Crippen molar-refractivity contribution in [3.05, 3.63) is 58.7 Å². The van der Waals surface area contributed by atoms with Crippen LogP contribution in [0.1, 0.15) is 35.6 Å². The summed E-state index contributed by atoms with van der Waals surface area (Å²) in [5.74, 6) is -0.471. The smallest absolute Gasteiger partial charge is 0.232 e. The molecule has 28 heavy (non-hydrogen) atoms. The predicted octanol–water partition coefficient (Wildman–Crippen LogP) is 1.43. The van der Waals surface area contributed by atoms with Gasteiger partial charge in [-0.1, -0.05) is 12.1 Å². The van der Waals surface area contributed by atoms with E-state index in [1.165, 1.54) is 0 Å². The van der Waals surface area contributed by atoms with E-state index >= 15 is 0 Å². The quantitative estimate of drug-likeness (QED) is 0.542. The highest BCUT2D eigenvalue weighted by Crippen LogP contribution is 2.44. The molecule has 6 N–H and O–H groups in total. The number of carbonyl (C=O) groups is 3. The number of carbonyl (C=O) groups excluding carboxylic acids is 3. The van der Waals surface area contributed by atoms with Gasteiger partial charge in [-0.25, -0.2) is 0 Å². The lowest BCUT2D eigenvalue weighted by molar-refractivity contribution is -0.122. The van der Waals surface area contributed by atoms with Crippen LogP contribution >= 0.6 is 0 Å². The summed E-state index contributed by atoms with van der Waals surface area (Å²) in [7, 11) is 0. The van der Waals surface area contributed by atoms with Gasteiger partial charge < -0.3 is 22.1 Å². The van der Waals surface area contributed by atoms with Gasteiger partial charge in [0.25, 0.3) is 0 Å². The van der Waals surface area contributed by atoms with Crippen molar-refractivity contribution in [3.8, 4) is 0 Å². The Morgan fingerprint density at radius 1 is 1.04 bits per heavy atom. The van der Waals surface area contributed by atoms with Crippen LogP contribution in [0, 0.1) is 0 Å². The number of amides is 3. The van der Waals surface area contributed by atoms with Gasteiger partial charge in [0.05, 0.1) is 0 Å². The van der Waals surface area contributed by atoms with Crippen molar-refractivity contribution in [2.75, 3.05) is 10.6 Å². The summed E-state index contributed by atoms with van der Waals surface area (Å²) in [4.78, 5) is 34.6. The number of nitrogens with two attached hydrogens (primary N) is 2. The number of hydrogen-bond donors (Lipinski definition) is 4. The summed E-state index contributed by atoms with van der Waals surface area (Å²) in [6.45, 7) is 1.85. The first-order valence-electron chi connectivity index (χ1n) is 9.15. The van der Waals surface area contributed by atoms with Gasteiger partial charge in [0.15, 0.2) is 0 Å². The van der Waals surface area contributed by atoms with Gasteiger partial charge in [-0.2, -0.15) is 0 Å². The third-order valence-electron chi connectivity index (χ3n) is 5.29. The summed E-state index contributed by atoms with van der Waals surface area (Å²) in [5.41, 5.74) is 15.9. The Hall–Kier alpha value is -3.19. The molecule has 0 heterocycles. The van der Waals surface area contributed by atoms with Crippen LogP contribution in [0.4, 0.5) is 11.4 Å². The topological polar surface area (TPSA) is 127 Å². The Kier molecular flexibility index (Phi) is 5.46. The largest absolute Gasteiger partial charge is 0.369 e. The number of aryl methyl sites for hydroxylation is 2. The minimum Gasteiger partial charge on any atom is -0.369 e. The van der Waals surface area contributed by atoms with E-state index in [0.717, 1.165) is 22.3 Å². The highest BCUT2D eigenvalue weighted by Gasteiger charge is 2.45. The van der Waals surface area contributed by atoms with Crippen molar-refractivity contribution in [2.45, 2.75) is 37.6 Å². The molecule has 3 amide bonds. The lowest BCUT2D eigenvalue weighted by Crippen LogP contribution is -2.46. The lowest BCUT2D eigenvalue weighted by atomic mass is 9.68. The maximum absolute atomic E-state index is 12.9. The zero-order chi connectivity index (χ0) is 20.3. The Morgan fingerprint density at radius 3 is 1.86 bits per heavy atom. The zero-order valence-electron chi connectivity index (χ0n) is 15.7. The van der Waals surface area contributed by atoms with E-state index in [2.05, 4.69) is 10.6 Å². The van der Waals surface area contributed by atoms with Crippen LogP contribution in [0.15, 0.2) is 36.4 Å². The number of primary amides is 1. The van der Waals surface area contributed by atoms with Crippen LogP contribution in [0.2, 0.25) is 0 Å². The van der Waals surface area contributed by atoms with Gasteiger partial charge in [-0.15, -0.1) is 0 Å². The van der Waals surface area contributed by atoms with E-state index in [1.807, 2.05) is 31.2 Å². The molecule has 0 aliphatic heterocycles. The van der Waals surface area contributed by atoms with Gasteiger partial charge >= 0.3 is 0 Å². The molecule has 3 rings (SSSR count). The number of hydrogen-bond acceptors (Lipinski definition) is 4. The molecular formula is C21H24N4O3. The number of rotatable bonds is 7. The van der Waals surface area contributed by atoms with Gasteiger partial charge in [-0.05, 0) is 72.7 Å². The fraction of sp³-hybridized carbons (Fsp3) is 0.286. The summed E-state index contributed by atoms with van der Waals surface area (Å²) in [5, 5.41) is 5.30. The standard InChI is InChI=1S/C21H24N4O3/c1-13(22)10-21(20(23)28)18-6-4-16(24-11-26)8-14(18)2-3-15-9-17(25-12-27)5-7-19(15)21/h4-9,11-13H,2-3,10,22H2,1H3,(H2,23,28)(H,24,26)(H,25,27)/t13-/m0/s1. The average molecular weight is 380 g/mol. The number of anilines is 2. The second kappa shape index (κ2) is 7.82. The monoisotopic (exact) mass is 380 g/mol. The van der Waals surface area contributed by atoms with Gasteiger partial charge in [0.1, 0.15) is 5.41 Å². The maximum Gasteiger partial charge on any atom is 0.232 e. The Balaban J connectivity index is 2.28. The molecule has 2 aromatic rings. The Labute approximate surface area is 163 Å². The SMILES string of the molecule is C[C@H](N)CC1(C(N)=O)c2ccc(NC=O)cc2CCc2cc(NC=O)ccc21. The number of benzene rings is 2. The molecule has 0 aromatic heterocycles. The molecule has 1 aliphatic rings. The average Bonchev–Trinajstić information content (AvgIpc) is 2.77. The van der Waals surface area contributed by atoms with Crippen molar-refractivity contribution < 1.29 is 14.4 Å². The number of nitrogens with one attached hydrogen (secondary N) is 2. The van der Waals surface area contributed by atoms with Crippen molar-refractivity contribution in [2.24, 2.45) is 11.5 Å². The first kappa shape index (κ1) is 19.6. The molecule has 0 spiro atoms. The molecule has 0 saturated heterocycles. The first-order chi connectivity index (χ1) is 13.4. The third-order valence-corrected chi connectivity index (χ3v) is 5.29. The second-order valence-corrected chi connectivity index (χ2v) is 7.22. The van der Waals surface area contributed by atoms with Crippen molar-refractivity contribution >= 4 is 30.1 Å². The van der Waals surface area contributed by atoms with Gasteiger partial charge in [-0.3, -0.25) is 14.4 Å². The predicted molar refractivity (Wildman–Crippen MR) is 108 cm³/mol. The van der Waals surface area contributed by atoms with E-state index in [-0.39, 0.29) is 6.04 Å². The van der Waals surface area contributed by atoms with Crippen molar-refractivity contribution in [3.63, 3.8) is 0 Å². The molecule has 0 fully saturated rings. The highest BCUT2D eigenvalue weighted by atomic mass is 16.1. The first-order valence-corrected chi connectivity index (χ1v) is 9.15.